The number of carbonyl (C=O) groups is 1. The third kappa shape index (κ3) is 5.47. The largest absolute Gasteiger partial charge is 0.467 e. The topological polar surface area (TPSA) is 89.0 Å². The highest BCUT2D eigenvalue weighted by Gasteiger charge is 2.32. The molecule has 2 fully saturated rings. The predicted octanol–water partition coefficient (Wildman–Crippen LogP) is 4.06. The van der Waals surface area contributed by atoms with Crippen molar-refractivity contribution >= 4 is 37.5 Å². The van der Waals surface area contributed by atoms with Crippen LogP contribution in [0.4, 0.5) is 8.78 Å². The molecule has 2 aromatic carbocycles. The van der Waals surface area contributed by atoms with Gasteiger partial charge in [0.15, 0.2) is 5.82 Å². The summed E-state index contributed by atoms with van der Waals surface area (Å²) in [5.74, 6) is -1.58. The van der Waals surface area contributed by atoms with Crippen LogP contribution in [0.1, 0.15) is 37.0 Å². The number of thiazole rings is 1. The summed E-state index contributed by atoms with van der Waals surface area (Å²) in [5.41, 5.74) is 0.489. The second-order valence-corrected chi connectivity index (χ2v) is 12.4. The van der Waals surface area contributed by atoms with E-state index in [0.29, 0.717) is 36.2 Å². The highest BCUT2D eigenvalue weighted by Crippen LogP contribution is 2.32. The molecule has 37 heavy (non-hydrogen) atoms. The molecular formula is C25H27F2N3O5S2. The molecular weight excluding hydrogens is 524 g/mol. The fourth-order valence-corrected chi connectivity index (χ4v) is 7.25. The zero-order valence-corrected chi connectivity index (χ0v) is 22.0. The molecule has 2 aliphatic rings. The fourth-order valence-electron chi connectivity index (χ4n) is 4.73. The number of piperidine rings is 1. The van der Waals surface area contributed by atoms with Crippen LogP contribution >= 0.6 is 11.3 Å². The normalized spacial score (nSPS) is 21.9. The Bertz CT molecular complexity index is 1400. The number of likely N-dealkylation sites (tertiary alicyclic amines) is 1. The SMILES string of the molecule is CC1CN(S(=O)(=O)c2ccc(C(=O)N3CCC(Oc4nc5c(F)cc(F)cc5s4)CC3)cc2)CC(C)O1. The molecule has 0 radical (unpaired) electrons. The highest BCUT2D eigenvalue weighted by atomic mass is 32.2. The molecule has 1 aromatic heterocycles. The van der Waals surface area contributed by atoms with Gasteiger partial charge in [-0.15, -0.1) is 0 Å². The van der Waals surface area contributed by atoms with Gasteiger partial charge in [0.1, 0.15) is 17.4 Å². The molecule has 0 saturated carbocycles. The van der Waals surface area contributed by atoms with Crippen molar-refractivity contribution in [3.05, 3.63) is 53.6 Å². The van der Waals surface area contributed by atoms with Crippen LogP contribution in [0.25, 0.3) is 10.2 Å². The van der Waals surface area contributed by atoms with Gasteiger partial charge in [-0.25, -0.2) is 17.2 Å². The average Bonchev–Trinajstić information content (AvgIpc) is 3.26. The Morgan fingerprint density at radius 2 is 1.73 bits per heavy atom. The van der Waals surface area contributed by atoms with Crippen LogP contribution in [0.15, 0.2) is 41.3 Å². The molecule has 5 rings (SSSR count). The lowest BCUT2D eigenvalue weighted by atomic mass is 10.1. The fraction of sp³-hybridized carbons (Fsp3) is 0.440. The van der Waals surface area contributed by atoms with E-state index in [4.69, 9.17) is 9.47 Å². The first-order valence-corrected chi connectivity index (χ1v) is 14.3. The van der Waals surface area contributed by atoms with E-state index in [-0.39, 0.29) is 52.9 Å². The standard InChI is InChI=1S/C25H27F2N3O5S2/c1-15-13-30(14-16(2)34-15)37(32,33)20-5-3-17(4-6-20)24(31)29-9-7-19(8-10-29)35-25-28-23-21(27)11-18(26)12-22(23)36-25/h3-6,11-12,15-16,19H,7-10,13-14H2,1-2H3. The Balaban J connectivity index is 1.19. The number of morpholine rings is 1. The number of benzene rings is 2. The number of hydrogen-bond acceptors (Lipinski definition) is 7. The Morgan fingerprint density at radius 1 is 1.08 bits per heavy atom. The van der Waals surface area contributed by atoms with Gasteiger partial charge in [0.2, 0.25) is 10.0 Å². The molecule has 0 spiro atoms. The van der Waals surface area contributed by atoms with E-state index in [2.05, 4.69) is 4.98 Å². The second kappa shape index (κ2) is 10.2. The molecule has 3 heterocycles. The van der Waals surface area contributed by atoms with Crippen molar-refractivity contribution < 1.29 is 31.5 Å². The molecule has 3 aromatic rings. The van der Waals surface area contributed by atoms with Crippen molar-refractivity contribution in [2.24, 2.45) is 0 Å². The minimum atomic E-state index is -3.68. The zero-order chi connectivity index (χ0) is 26.3. The quantitative estimate of drug-likeness (QED) is 0.475. The van der Waals surface area contributed by atoms with Crippen LogP contribution in [0, 0.1) is 11.6 Å². The number of ether oxygens (including phenoxy) is 2. The molecule has 1 amide bonds. The lowest BCUT2D eigenvalue weighted by Crippen LogP contribution is -2.48. The smallest absolute Gasteiger partial charge is 0.274 e. The number of nitrogens with zero attached hydrogens (tertiary/aromatic N) is 3. The Labute approximate surface area is 217 Å². The maximum atomic E-state index is 13.9. The Morgan fingerprint density at radius 3 is 2.38 bits per heavy atom. The van der Waals surface area contributed by atoms with E-state index < -0.39 is 21.7 Å². The van der Waals surface area contributed by atoms with Gasteiger partial charge in [0.25, 0.3) is 11.1 Å². The first kappa shape index (κ1) is 26.0. The van der Waals surface area contributed by atoms with Crippen LogP contribution in [0.5, 0.6) is 5.19 Å². The predicted molar refractivity (Wildman–Crippen MR) is 134 cm³/mol. The summed E-state index contributed by atoms with van der Waals surface area (Å²) in [4.78, 5) is 19.0. The van der Waals surface area contributed by atoms with E-state index >= 15 is 0 Å². The van der Waals surface area contributed by atoms with E-state index in [1.54, 1.807) is 17.0 Å². The molecule has 2 atom stereocenters. The van der Waals surface area contributed by atoms with Gasteiger partial charge >= 0.3 is 0 Å². The summed E-state index contributed by atoms with van der Waals surface area (Å²) in [6, 6.07) is 8.04. The van der Waals surface area contributed by atoms with Crippen LogP contribution in [-0.2, 0) is 14.8 Å². The number of fused-ring (bicyclic) bond motifs is 1. The van der Waals surface area contributed by atoms with Crippen LogP contribution in [-0.4, -0.2) is 73.0 Å². The van der Waals surface area contributed by atoms with Gasteiger partial charge in [-0.2, -0.15) is 9.29 Å². The molecule has 0 bridgehead atoms. The third-order valence-corrected chi connectivity index (χ3v) is 9.25. The molecule has 8 nitrogen and oxygen atoms in total. The summed E-state index contributed by atoms with van der Waals surface area (Å²) in [7, 11) is -3.68. The van der Waals surface area contributed by atoms with Gasteiger partial charge in [-0.3, -0.25) is 4.79 Å². The third-order valence-electron chi connectivity index (χ3n) is 6.52. The second-order valence-electron chi connectivity index (χ2n) is 9.43. The molecule has 198 valence electrons. The molecule has 2 saturated heterocycles. The molecule has 2 unspecified atom stereocenters. The minimum Gasteiger partial charge on any atom is -0.467 e. The Hall–Kier alpha value is -2.67. The van der Waals surface area contributed by atoms with Crippen molar-refractivity contribution in [3.63, 3.8) is 0 Å². The van der Waals surface area contributed by atoms with E-state index in [1.165, 1.54) is 22.5 Å². The first-order valence-electron chi connectivity index (χ1n) is 12.1. The number of carbonyl (C=O) groups excluding carboxylic acids is 1. The number of hydrogen-bond donors (Lipinski definition) is 0. The number of aromatic nitrogens is 1. The lowest BCUT2D eigenvalue weighted by Gasteiger charge is -2.34. The molecule has 0 N–H and O–H groups in total. The maximum Gasteiger partial charge on any atom is 0.274 e. The monoisotopic (exact) mass is 551 g/mol. The van der Waals surface area contributed by atoms with Crippen molar-refractivity contribution in [2.45, 2.75) is 49.9 Å². The summed E-state index contributed by atoms with van der Waals surface area (Å²) < 4.78 is 66.8. The van der Waals surface area contributed by atoms with Crippen molar-refractivity contribution in [1.29, 1.82) is 0 Å². The van der Waals surface area contributed by atoms with Crippen molar-refractivity contribution in [2.75, 3.05) is 26.2 Å². The molecule has 2 aliphatic heterocycles. The number of rotatable bonds is 5. The Kier molecular flexibility index (Phi) is 7.18. The highest BCUT2D eigenvalue weighted by molar-refractivity contribution is 7.89. The van der Waals surface area contributed by atoms with E-state index in [0.717, 1.165) is 17.4 Å². The van der Waals surface area contributed by atoms with Gasteiger partial charge in [-0.1, -0.05) is 11.3 Å². The van der Waals surface area contributed by atoms with Crippen molar-refractivity contribution in [3.8, 4) is 5.19 Å². The minimum absolute atomic E-state index is 0.0807. The van der Waals surface area contributed by atoms with Crippen LogP contribution < -0.4 is 4.74 Å². The lowest BCUT2D eigenvalue weighted by molar-refractivity contribution is -0.0440. The summed E-state index contributed by atoms with van der Waals surface area (Å²) in [6.07, 6.45) is 0.523. The number of amides is 1. The van der Waals surface area contributed by atoms with Gasteiger partial charge in [-0.05, 0) is 44.2 Å². The maximum absolute atomic E-state index is 13.9. The number of halogens is 2. The summed E-state index contributed by atoms with van der Waals surface area (Å²) in [6.45, 7) is 5.14. The average molecular weight is 552 g/mol. The van der Waals surface area contributed by atoms with Crippen molar-refractivity contribution in [1.82, 2.24) is 14.2 Å². The van der Waals surface area contributed by atoms with Crippen LogP contribution in [0.3, 0.4) is 0 Å². The zero-order valence-electron chi connectivity index (χ0n) is 20.4. The summed E-state index contributed by atoms with van der Waals surface area (Å²) in [5, 5.41) is 0.269. The molecule has 0 aliphatic carbocycles. The first-order chi connectivity index (χ1) is 17.6. The van der Waals surface area contributed by atoms with Gasteiger partial charge < -0.3 is 14.4 Å². The van der Waals surface area contributed by atoms with Gasteiger partial charge in [0, 0.05) is 50.7 Å². The van der Waals surface area contributed by atoms with Crippen LogP contribution in [0.2, 0.25) is 0 Å². The summed E-state index contributed by atoms with van der Waals surface area (Å²) >= 11 is 1.08. The van der Waals surface area contributed by atoms with Gasteiger partial charge in [0.05, 0.1) is 21.8 Å². The van der Waals surface area contributed by atoms with E-state index in [1.807, 2.05) is 13.8 Å². The molecule has 12 heteroatoms. The van der Waals surface area contributed by atoms with E-state index in [9.17, 15) is 22.0 Å². The number of sulfonamides is 1.